The van der Waals surface area contributed by atoms with Gasteiger partial charge in [-0.3, -0.25) is 4.79 Å². The number of carboxylic acids is 1. The summed E-state index contributed by atoms with van der Waals surface area (Å²) < 4.78 is 95.2. The topological polar surface area (TPSA) is 68.2 Å². The zero-order chi connectivity index (χ0) is 29.8. The molecule has 1 saturated carbocycles. The fraction of sp³-hybridized carbons (Fsp3) is 0.552. The average molecular weight is 624 g/mol. The molecule has 1 aliphatic heterocycles. The zero-order valence-electron chi connectivity index (χ0n) is 23.0. The smallest absolute Gasteiger partial charge is 0.418 e. The van der Waals surface area contributed by atoms with Gasteiger partial charge in [0.05, 0.1) is 20.1 Å². The second kappa shape index (κ2) is 14.1. The third kappa shape index (κ3) is 9.35. The number of benzene rings is 2. The highest BCUT2D eigenvalue weighted by Crippen LogP contribution is 2.45. The summed E-state index contributed by atoms with van der Waals surface area (Å²) in [6.45, 7) is -0.934. The van der Waals surface area contributed by atoms with Crippen molar-refractivity contribution >= 4 is 25.2 Å². The molecular formula is C29H35F6NO5S. The van der Waals surface area contributed by atoms with Gasteiger partial charge in [-0.15, -0.1) is 0 Å². The van der Waals surface area contributed by atoms with Crippen molar-refractivity contribution in [3.05, 3.63) is 53.6 Å². The summed E-state index contributed by atoms with van der Waals surface area (Å²) in [5.41, 5.74) is 0.644. The molecule has 4 rings (SSSR count). The lowest BCUT2D eigenvalue weighted by atomic mass is 9.91. The molecule has 0 amide bonds. The lowest BCUT2D eigenvalue weighted by Gasteiger charge is -2.36. The maximum Gasteiger partial charge on any atom is 0.418 e. The molecule has 2 fully saturated rings. The highest BCUT2D eigenvalue weighted by molar-refractivity contribution is 7.59. The molecule has 2 aromatic carbocycles. The third-order valence-electron chi connectivity index (χ3n) is 7.54. The number of halogens is 6. The van der Waals surface area contributed by atoms with E-state index in [2.05, 4.69) is 4.74 Å². The number of methoxy groups -OCH3 is 1. The van der Waals surface area contributed by atoms with Gasteiger partial charge in [-0.05, 0) is 67.2 Å². The highest BCUT2D eigenvalue weighted by Gasteiger charge is 2.46. The van der Waals surface area contributed by atoms with Crippen LogP contribution >= 0.6 is 13.5 Å². The maximum absolute atomic E-state index is 13.8. The van der Waals surface area contributed by atoms with Crippen molar-refractivity contribution in [3.63, 3.8) is 0 Å². The number of piperidine rings is 1. The van der Waals surface area contributed by atoms with E-state index in [1.165, 1.54) is 19.2 Å². The number of carbonyl (C=O) groups is 1. The number of nitrogens with zero attached hydrogens (tertiary/aromatic N) is 1. The van der Waals surface area contributed by atoms with Crippen LogP contribution in [0.4, 0.5) is 32.0 Å². The van der Waals surface area contributed by atoms with Gasteiger partial charge < -0.3 is 24.2 Å². The summed E-state index contributed by atoms with van der Waals surface area (Å²) in [6.07, 6.45) is -9.47. The molecule has 6 nitrogen and oxygen atoms in total. The largest absolute Gasteiger partial charge is 0.497 e. The highest BCUT2D eigenvalue weighted by atomic mass is 32.1. The molecule has 13 heteroatoms. The van der Waals surface area contributed by atoms with Gasteiger partial charge in [0.2, 0.25) is 0 Å². The first-order chi connectivity index (χ1) is 19.3. The first kappa shape index (κ1) is 33.7. The standard InChI is InChI=1S/C29H33F6NO5.H2S/c1-39-21-7-8-23(27(29(33,34)35)41-17-28(30,31)32)25(14-21)36-11-9-18(10-12-36)16-40-22-4-2-3-20(13-22)24(15-26(37)38)19-5-6-19;/h2-4,7-8,13-14,18-19,24,27H,5-6,9-12,15-17H2,1H3,(H,37,38);1H2/t24-,27?;/m0./s1. The lowest BCUT2D eigenvalue weighted by molar-refractivity contribution is -0.257. The molecule has 0 aromatic heterocycles. The van der Waals surface area contributed by atoms with E-state index in [4.69, 9.17) is 9.47 Å². The van der Waals surface area contributed by atoms with Crippen LogP contribution < -0.4 is 14.4 Å². The van der Waals surface area contributed by atoms with Crippen LogP contribution in [0.5, 0.6) is 11.5 Å². The predicted octanol–water partition coefficient (Wildman–Crippen LogP) is 7.25. The molecule has 2 aromatic rings. The van der Waals surface area contributed by atoms with E-state index in [1.807, 2.05) is 24.3 Å². The Labute approximate surface area is 247 Å². The van der Waals surface area contributed by atoms with Crippen LogP contribution in [-0.4, -0.2) is 56.8 Å². The minimum Gasteiger partial charge on any atom is -0.497 e. The van der Waals surface area contributed by atoms with Crippen LogP contribution in [0.1, 0.15) is 55.3 Å². The van der Waals surface area contributed by atoms with Crippen molar-refractivity contribution in [3.8, 4) is 11.5 Å². The van der Waals surface area contributed by atoms with Gasteiger partial charge in [-0.25, -0.2) is 0 Å². The van der Waals surface area contributed by atoms with Gasteiger partial charge in [0.1, 0.15) is 18.1 Å². The van der Waals surface area contributed by atoms with E-state index in [1.54, 1.807) is 4.90 Å². The molecule has 2 atom stereocenters. The monoisotopic (exact) mass is 623 g/mol. The van der Waals surface area contributed by atoms with Gasteiger partial charge in [-0.1, -0.05) is 18.2 Å². The molecule has 0 radical (unpaired) electrons. The van der Waals surface area contributed by atoms with Crippen molar-refractivity contribution in [1.82, 2.24) is 0 Å². The Kier molecular flexibility index (Phi) is 11.3. The molecule has 0 bridgehead atoms. The summed E-state index contributed by atoms with van der Waals surface area (Å²) in [7, 11) is 1.35. The molecule has 1 unspecified atom stereocenters. The van der Waals surface area contributed by atoms with Crippen LogP contribution in [0.25, 0.3) is 0 Å². The van der Waals surface area contributed by atoms with E-state index in [0.717, 1.165) is 24.5 Å². The van der Waals surface area contributed by atoms with Crippen molar-refractivity contribution < 1.29 is 50.5 Å². The van der Waals surface area contributed by atoms with E-state index < -0.39 is 36.6 Å². The Morgan fingerprint density at radius 2 is 1.69 bits per heavy atom. The van der Waals surface area contributed by atoms with Crippen LogP contribution in [0.2, 0.25) is 0 Å². The molecule has 1 N–H and O–H groups in total. The SMILES string of the molecule is COc1ccc(C(OCC(F)(F)F)C(F)(F)F)c(N2CCC(COc3cccc([C@@H](CC(=O)O)C4CC4)c3)CC2)c1.S. The average Bonchev–Trinajstić information content (AvgIpc) is 3.75. The number of anilines is 1. The summed E-state index contributed by atoms with van der Waals surface area (Å²) >= 11 is 0. The summed E-state index contributed by atoms with van der Waals surface area (Å²) in [5, 5.41) is 9.29. The van der Waals surface area contributed by atoms with E-state index in [9.17, 15) is 36.2 Å². The van der Waals surface area contributed by atoms with E-state index in [-0.39, 0.29) is 43.2 Å². The molecule has 1 heterocycles. The van der Waals surface area contributed by atoms with Crippen LogP contribution in [0.3, 0.4) is 0 Å². The van der Waals surface area contributed by atoms with Crippen molar-refractivity contribution in [2.24, 2.45) is 11.8 Å². The zero-order valence-corrected chi connectivity index (χ0v) is 24.0. The third-order valence-corrected chi connectivity index (χ3v) is 7.54. The lowest BCUT2D eigenvalue weighted by Crippen LogP contribution is -2.37. The predicted molar refractivity (Wildman–Crippen MR) is 149 cm³/mol. The Morgan fingerprint density at radius 1 is 1.00 bits per heavy atom. The first-order valence-corrected chi connectivity index (χ1v) is 13.5. The maximum atomic E-state index is 13.8. The molecule has 2 aliphatic rings. The minimum absolute atomic E-state index is 0. The van der Waals surface area contributed by atoms with Gasteiger partial charge in [0, 0.05) is 30.4 Å². The quantitative estimate of drug-likeness (QED) is 0.251. The summed E-state index contributed by atoms with van der Waals surface area (Å²) in [4.78, 5) is 13.0. The molecule has 1 aliphatic carbocycles. The molecule has 234 valence electrons. The van der Waals surface area contributed by atoms with Crippen molar-refractivity contribution in [1.29, 1.82) is 0 Å². The van der Waals surface area contributed by atoms with Gasteiger partial charge in [0.25, 0.3) is 0 Å². The fourth-order valence-electron chi connectivity index (χ4n) is 5.32. The van der Waals surface area contributed by atoms with Gasteiger partial charge in [0.15, 0.2) is 6.10 Å². The van der Waals surface area contributed by atoms with Crippen LogP contribution in [0.15, 0.2) is 42.5 Å². The fourth-order valence-corrected chi connectivity index (χ4v) is 5.32. The number of alkyl halides is 6. The number of carboxylic acid groups (broad SMARTS) is 1. The Morgan fingerprint density at radius 3 is 2.26 bits per heavy atom. The second-order valence-electron chi connectivity index (χ2n) is 10.6. The van der Waals surface area contributed by atoms with E-state index >= 15 is 0 Å². The minimum atomic E-state index is -5.06. The normalized spacial score (nSPS) is 17.7. The summed E-state index contributed by atoms with van der Waals surface area (Å²) in [6, 6.07) is 11.2. The molecular weight excluding hydrogens is 588 g/mol. The van der Waals surface area contributed by atoms with Crippen LogP contribution in [0, 0.1) is 11.8 Å². The first-order valence-electron chi connectivity index (χ1n) is 13.5. The van der Waals surface area contributed by atoms with Crippen molar-refractivity contribution in [2.45, 2.75) is 56.5 Å². The van der Waals surface area contributed by atoms with E-state index in [0.29, 0.717) is 44.2 Å². The summed E-state index contributed by atoms with van der Waals surface area (Å²) in [5.74, 6) is 0.471. The Bertz CT molecular complexity index is 1180. The number of rotatable bonds is 12. The number of aliphatic carboxylic acids is 1. The number of hydrogen-bond acceptors (Lipinski definition) is 5. The second-order valence-corrected chi connectivity index (χ2v) is 10.6. The molecule has 1 saturated heterocycles. The Hall–Kier alpha value is -2.80. The van der Waals surface area contributed by atoms with Gasteiger partial charge in [-0.2, -0.15) is 39.8 Å². The number of hydrogen-bond donors (Lipinski definition) is 1. The number of ether oxygens (including phenoxy) is 3. The van der Waals surface area contributed by atoms with Crippen LogP contribution in [-0.2, 0) is 9.53 Å². The molecule has 0 spiro atoms. The Balaban J connectivity index is 0.00000484. The molecule has 42 heavy (non-hydrogen) atoms. The van der Waals surface area contributed by atoms with Gasteiger partial charge >= 0.3 is 18.3 Å². The van der Waals surface area contributed by atoms with Crippen molar-refractivity contribution in [2.75, 3.05) is 38.3 Å².